The summed E-state index contributed by atoms with van der Waals surface area (Å²) in [6.45, 7) is 1.18. The van der Waals surface area contributed by atoms with Gasteiger partial charge in [-0.3, -0.25) is 4.79 Å². The molecule has 0 atom stereocenters. The minimum atomic E-state index is -4.63. The van der Waals surface area contributed by atoms with E-state index in [0.29, 0.717) is 11.1 Å². The van der Waals surface area contributed by atoms with E-state index in [0.717, 1.165) is 5.56 Å². The van der Waals surface area contributed by atoms with Crippen molar-refractivity contribution in [2.24, 2.45) is 0 Å². The van der Waals surface area contributed by atoms with Crippen LogP contribution in [0, 0.1) is 0 Å². The van der Waals surface area contributed by atoms with E-state index in [1.54, 1.807) is 18.2 Å². The zero-order valence-corrected chi connectivity index (χ0v) is 13.5. The predicted molar refractivity (Wildman–Crippen MR) is 89.7 cm³/mol. The smallest absolute Gasteiger partial charge is 0.449 e. The van der Waals surface area contributed by atoms with E-state index in [2.05, 4.69) is 0 Å². The molecule has 1 N–H and O–H groups in total. The highest BCUT2D eigenvalue weighted by atomic mass is 19.4. The highest BCUT2D eigenvalue weighted by Crippen LogP contribution is 2.18. The van der Waals surface area contributed by atoms with Crippen molar-refractivity contribution in [3.63, 3.8) is 0 Å². The van der Waals surface area contributed by atoms with E-state index < -0.39 is 24.3 Å². The zero-order chi connectivity index (χ0) is 18.9. The molecule has 0 saturated heterocycles. The maximum absolute atomic E-state index is 11.2. The van der Waals surface area contributed by atoms with Gasteiger partial charge in [-0.25, -0.2) is 4.79 Å². The third-order valence-electron chi connectivity index (χ3n) is 3.06. The average Bonchev–Trinajstić information content (AvgIpc) is 2.60. The fourth-order valence-corrected chi connectivity index (χ4v) is 1.80. The highest BCUT2D eigenvalue weighted by molar-refractivity contribution is 6.20. The number of carboxylic acid groups (broad SMARTS) is 1. The Kier molecular flexibility index (Phi) is 7.59. The number of rotatable bonds is 4. The molecule has 6 heteroatoms. The molecule has 0 aromatic heterocycles. The number of Topliss-reactive ketones (excluding diaryl/α,β-unsaturated/α-hetero) is 1. The first-order chi connectivity index (χ1) is 11.8. The maximum Gasteiger partial charge on any atom is 0.449 e. The number of alkyl halides is 3. The van der Waals surface area contributed by atoms with Gasteiger partial charge in [-0.2, -0.15) is 13.2 Å². The van der Waals surface area contributed by atoms with Crippen molar-refractivity contribution in [2.45, 2.75) is 19.5 Å². The number of halogens is 3. The molecule has 0 bridgehead atoms. The van der Waals surface area contributed by atoms with Gasteiger partial charge in [0.1, 0.15) is 0 Å². The molecule has 2 aromatic carbocycles. The molecule has 0 radical (unpaired) electrons. The standard InChI is InChI=1S/C15H12O2.C4H5F3O/c16-15(17)14(13-9-5-2-6-10-13)11-12-7-3-1-4-8-12;1-2-3(8)4(5,6)7/h1-11H,(H,16,17);2H2,1H3/b14-11+;. The van der Waals surface area contributed by atoms with Crippen molar-refractivity contribution in [3.8, 4) is 0 Å². The van der Waals surface area contributed by atoms with Gasteiger partial charge >= 0.3 is 12.1 Å². The molecule has 2 aromatic rings. The summed E-state index contributed by atoms with van der Waals surface area (Å²) in [6, 6.07) is 18.6. The summed E-state index contributed by atoms with van der Waals surface area (Å²) in [5.74, 6) is -2.59. The van der Waals surface area contributed by atoms with Crippen molar-refractivity contribution >= 4 is 23.4 Å². The predicted octanol–water partition coefficient (Wildman–Crippen LogP) is 4.84. The molecule has 0 saturated carbocycles. The molecule has 3 nitrogen and oxygen atoms in total. The fourth-order valence-electron chi connectivity index (χ4n) is 1.80. The number of ketones is 1. The van der Waals surface area contributed by atoms with Gasteiger partial charge in [0, 0.05) is 6.42 Å². The molecule has 25 heavy (non-hydrogen) atoms. The van der Waals surface area contributed by atoms with Crippen LogP contribution in [0.3, 0.4) is 0 Å². The number of carboxylic acids is 1. The lowest BCUT2D eigenvalue weighted by molar-refractivity contribution is -0.170. The molecule has 0 fully saturated rings. The SMILES string of the molecule is CCC(=O)C(F)(F)F.O=C(O)/C(=C/c1ccccc1)c1ccccc1. The van der Waals surface area contributed by atoms with Gasteiger partial charge in [-0.15, -0.1) is 0 Å². The Bertz CT molecular complexity index is 721. The first kappa shape index (κ1) is 20.2. The molecule has 0 aliphatic carbocycles. The van der Waals surface area contributed by atoms with E-state index in [1.165, 1.54) is 6.92 Å². The monoisotopic (exact) mass is 350 g/mol. The van der Waals surface area contributed by atoms with Crippen LogP contribution in [0.2, 0.25) is 0 Å². The Morgan fingerprint density at radius 3 is 1.80 bits per heavy atom. The second-order valence-corrected chi connectivity index (χ2v) is 4.91. The Morgan fingerprint density at radius 2 is 1.44 bits per heavy atom. The summed E-state index contributed by atoms with van der Waals surface area (Å²) < 4.78 is 33.3. The van der Waals surface area contributed by atoms with Crippen molar-refractivity contribution in [1.29, 1.82) is 0 Å². The number of carbonyl (C=O) groups excluding carboxylic acids is 1. The van der Waals surface area contributed by atoms with Gasteiger partial charge in [0.2, 0.25) is 5.78 Å². The minimum absolute atomic E-state index is 0.303. The number of carbonyl (C=O) groups is 2. The molecule has 0 unspecified atom stereocenters. The van der Waals surface area contributed by atoms with Crippen LogP contribution in [0.15, 0.2) is 60.7 Å². The third kappa shape index (κ3) is 7.03. The Balaban J connectivity index is 0.000000333. The van der Waals surface area contributed by atoms with Gasteiger partial charge in [0.15, 0.2) is 0 Å². The van der Waals surface area contributed by atoms with Crippen LogP contribution in [-0.4, -0.2) is 23.0 Å². The number of hydrogen-bond acceptors (Lipinski definition) is 2. The second-order valence-electron chi connectivity index (χ2n) is 4.91. The molecule has 0 heterocycles. The van der Waals surface area contributed by atoms with Crippen LogP contribution in [-0.2, 0) is 9.59 Å². The van der Waals surface area contributed by atoms with Gasteiger partial charge < -0.3 is 5.11 Å². The van der Waals surface area contributed by atoms with Crippen LogP contribution in [0.1, 0.15) is 24.5 Å². The molecule has 0 aliphatic heterocycles. The lowest BCUT2D eigenvalue weighted by atomic mass is 10.0. The number of aliphatic carboxylic acids is 1. The highest BCUT2D eigenvalue weighted by Gasteiger charge is 2.36. The summed E-state index contributed by atoms with van der Waals surface area (Å²) in [5.41, 5.74) is 1.90. The maximum atomic E-state index is 11.2. The Morgan fingerprint density at radius 1 is 0.960 bits per heavy atom. The quantitative estimate of drug-likeness (QED) is 0.634. The third-order valence-corrected chi connectivity index (χ3v) is 3.06. The molecule has 0 amide bonds. The fraction of sp³-hybridized carbons (Fsp3) is 0.158. The minimum Gasteiger partial charge on any atom is -0.478 e. The van der Waals surface area contributed by atoms with E-state index in [-0.39, 0.29) is 0 Å². The van der Waals surface area contributed by atoms with Crippen molar-refractivity contribution < 1.29 is 27.9 Å². The van der Waals surface area contributed by atoms with Crippen LogP contribution < -0.4 is 0 Å². The van der Waals surface area contributed by atoms with Crippen molar-refractivity contribution in [3.05, 3.63) is 71.8 Å². The first-order valence-corrected chi connectivity index (χ1v) is 7.41. The van der Waals surface area contributed by atoms with Crippen LogP contribution in [0.5, 0.6) is 0 Å². The van der Waals surface area contributed by atoms with Crippen molar-refractivity contribution in [2.75, 3.05) is 0 Å². The number of benzene rings is 2. The first-order valence-electron chi connectivity index (χ1n) is 7.41. The largest absolute Gasteiger partial charge is 0.478 e. The van der Waals surface area contributed by atoms with E-state index >= 15 is 0 Å². The topological polar surface area (TPSA) is 54.4 Å². The summed E-state index contributed by atoms with van der Waals surface area (Å²) in [7, 11) is 0. The van der Waals surface area contributed by atoms with Crippen LogP contribution in [0.25, 0.3) is 11.6 Å². The Labute approximate surface area is 143 Å². The van der Waals surface area contributed by atoms with Gasteiger partial charge in [-0.1, -0.05) is 67.6 Å². The molecule has 132 valence electrons. The molecule has 2 rings (SSSR count). The lowest BCUT2D eigenvalue weighted by Gasteiger charge is -2.02. The van der Waals surface area contributed by atoms with Crippen LogP contribution >= 0.6 is 0 Å². The second kappa shape index (κ2) is 9.42. The van der Waals surface area contributed by atoms with Gasteiger partial charge in [0.25, 0.3) is 0 Å². The Hall–Kier alpha value is -2.89. The van der Waals surface area contributed by atoms with Gasteiger partial charge in [0.05, 0.1) is 5.57 Å². The molecular weight excluding hydrogens is 333 g/mol. The van der Waals surface area contributed by atoms with E-state index in [1.807, 2.05) is 48.5 Å². The average molecular weight is 350 g/mol. The van der Waals surface area contributed by atoms with Crippen molar-refractivity contribution in [1.82, 2.24) is 0 Å². The number of hydrogen-bond donors (Lipinski definition) is 1. The van der Waals surface area contributed by atoms with E-state index in [9.17, 15) is 27.9 Å². The summed E-state index contributed by atoms with van der Waals surface area (Å²) in [4.78, 5) is 20.9. The van der Waals surface area contributed by atoms with Gasteiger partial charge in [-0.05, 0) is 17.2 Å². The molecular formula is C19H17F3O3. The summed E-state index contributed by atoms with van der Waals surface area (Å²) in [6.07, 6.45) is -3.42. The summed E-state index contributed by atoms with van der Waals surface area (Å²) >= 11 is 0. The molecule has 0 aliphatic rings. The van der Waals surface area contributed by atoms with Crippen LogP contribution in [0.4, 0.5) is 13.2 Å². The van der Waals surface area contributed by atoms with E-state index in [4.69, 9.17) is 0 Å². The summed E-state index contributed by atoms with van der Waals surface area (Å²) in [5, 5.41) is 9.22. The zero-order valence-electron chi connectivity index (χ0n) is 13.5. The lowest BCUT2D eigenvalue weighted by Crippen LogP contribution is -2.20. The normalized spacial score (nSPS) is 11.3. The molecule has 0 spiro atoms.